The van der Waals surface area contributed by atoms with E-state index in [1.807, 2.05) is 24.3 Å². The molecule has 0 aliphatic carbocycles. The van der Waals surface area contributed by atoms with Gasteiger partial charge in [-0.1, -0.05) is 19.1 Å². The maximum absolute atomic E-state index is 12.9. The standard InChI is InChI=1S/C19H28N2O3/c1-4-20-12-16-17(13-20)21(10-9-18(16)24-3)19(22)11-14-5-7-15(23-2)8-6-14/h5-8,16-18H,4,9-13H2,1-3H3/t16-,17+,18+/m1/s1. The molecule has 3 atom stereocenters. The number of carbonyl (C=O) groups is 1. The summed E-state index contributed by atoms with van der Waals surface area (Å²) in [5.74, 6) is 1.48. The summed E-state index contributed by atoms with van der Waals surface area (Å²) in [4.78, 5) is 17.4. The van der Waals surface area contributed by atoms with Gasteiger partial charge in [0.15, 0.2) is 0 Å². The zero-order valence-electron chi connectivity index (χ0n) is 14.9. The molecule has 2 aliphatic heterocycles. The van der Waals surface area contributed by atoms with Gasteiger partial charge in [-0.2, -0.15) is 0 Å². The Labute approximate surface area is 144 Å². The normalized spacial score (nSPS) is 27.1. The lowest BCUT2D eigenvalue weighted by atomic mass is 9.88. The van der Waals surface area contributed by atoms with Crippen molar-refractivity contribution in [2.75, 3.05) is 40.4 Å². The Morgan fingerprint density at radius 1 is 1.21 bits per heavy atom. The molecule has 0 N–H and O–H groups in total. The zero-order valence-corrected chi connectivity index (χ0v) is 14.9. The number of ether oxygens (including phenoxy) is 2. The van der Waals surface area contributed by atoms with E-state index in [1.54, 1.807) is 14.2 Å². The van der Waals surface area contributed by atoms with Crippen molar-refractivity contribution in [2.45, 2.75) is 31.9 Å². The van der Waals surface area contributed by atoms with Crippen LogP contribution in [0.3, 0.4) is 0 Å². The molecule has 24 heavy (non-hydrogen) atoms. The molecular weight excluding hydrogens is 304 g/mol. The van der Waals surface area contributed by atoms with Crippen molar-refractivity contribution in [2.24, 2.45) is 5.92 Å². The largest absolute Gasteiger partial charge is 0.497 e. The molecule has 2 aliphatic rings. The van der Waals surface area contributed by atoms with Crippen LogP contribution in [0.5, 0.6) is 5.75 Å². The number of hydrogen-bond acceptors (Lipinski definition) is 4. The number of hydrogen-bond donors (Lipinski definition) is 0. The monoisotopic (exact) mass is 332 g/mol. The first-order chi connectivity index (χ1) is 11.7. The molecular formula is C19H28N2O3. The first kappa shape index (κ1) is 17.2. The first-order valence-corrected chi connectivity index (χ1v) is 8.83. The highest BCUT2D eigenvalue weighted by Crippen LogP contribution is 2.32. The van der Waals surface area contributed by atoms with Crippen LogP contribution in [-0.4, -0.2) is 68.3 Å². The Bertz CT molecular complexity index is 560. The van der Waals surface area contributed by atoms with Gasteiger partial charge in [0.05, 0.1) is 25.7 Å². The Kier molecular flexibility index (Phi) is 5.41. The van der Waals surface area contributed by atoms with Crippen LogP contribution in [-0.2, 0) is 16.0 Å². The Morgan fingerprint density at radius 3 is 2.58 bits per heavy atom. The second-order valence-corrected chi connectivity index (χ2v) is 6.76. The SMILES string of the molecule is CCN1C[C@H]2[C@@H](OC)CCN(C(=O)Cc3ccc(OC)cc3)[C@H]2C1. The fraction of sp³-hybridized carbons (Fsp3) is 0.632. The molecule has 5 nitrogen and oxygen atoms in total. The van der Waals surface area contributed by atoms with E-state index in [4.69, 9.17) is 9.47 Å². The molecule has 132 valence electrons. The minimum atomic E-state index is 0.225. The van der Waals surface area contributed by atoms with Crippen molar-refractivity contribution in [3.8, 4) is 5.75 Å². The van der Waals surface area contributed by atoms with Crippen molar-refractivity contribution < 1.29 is 14.3 Å². The van der Waals surface area contributed by atoms with Gasteiger partial charge in [0, 0.05) is 32.7 Å². The average Bonchev–Trinajstić information content (AvgIpc) is 3.05. The van der Waals surface area contributed by atoms with Crippen molar-refractivity contribution in [1.29, 1.82) is 0 Å². The molecule has 0 radical (unpaired) electrons. The molecule has 2 heterocycles. The number of methoxy groups -OCH3 is 2. The lowest BCUT2D eigenvalue weighted by molar-refractivity contribution is -0.138. The van der Waals surface area contributed by atoms with Crippen LogP contribution < -0.4 is 4.74 Å². The summed E-state index contributed by atoms with van der Waals surface area (Å²) in [6, 6.07) is 8.06. The number of piperidine rings is 1. The molecule has 1 aromatic carbocycles. The fourth-order valence-electron chi connectivity index (χ4n) is 4.12. The minimum absolute atomic E-state index is 0.225. The smallest absolute Gasteiger partial charge is 0.227 e. The summed E-state index contributed by atoms with van der Waals surface area (Å²) in [6.45, 7) is 6.01. The third kappa shape index (κ3) is 3.42. The van der Waals surface area contributed by atoms with Crippen molar-refractivity contribution in [1.82, 2.24) is 9.80 Å². The number of fused-ring (bicyclic) bond motifs is 1. The van der Waals surface area contributed by atoms with Gasteiger partial charge in [0.2, 0.25) is 5.91 Å². The summed E-state index contributed by atoms with van der Waals surface area (Å²) >= 11 is 0. The number of rotatable bonds is 5. The summed E-state index contributed by atoms with van der Waals surface area (Å²) in [5, 5.41) is 0. The Hall–Kier alpha value is -1.59. The van der Waals surface area contributed by atoms with Gasteiger partial charge in [0.1, 0.15) is 5.75 Å². The van der Waals surface area contributed by atoms with E-state index in [9.17, 15) is 4.79 Å². The van der Waals surface area contributed by atoms with E-state index in [0.29, 0.717) is 12.3 Å². The predicted molar refractivity (Wildman–Crippen MR) is 93.2 cm³/mol. The van der Waals surface area contributed by atoms with E-state index < -0.39 is 0 Å². The van der Waals surface area contributed by atoms with Crippen LogP contribution in [0.2, 0.25) is 0 Å². The quantitative estimate of drug-likeness (QED) is 0.825. The molecule has 1 amide bonds. The van der Waals surface area contributed by atoms with Crippen LogP contribution in [0.15, 0.2) is 24.3 Å². The second kappa shape index (κ2) is 7.53. The fourth-order valence-corrected chi connectivity index (χ4v) is 4.12. The van der Waals surface area contributed by atoms with Gasteiger partial charge in [-0.05, 0) is 30.7 Å². The molecule has 0 saturated carbocycles. The van der Waals surface area contributed by atoms with Crippen LogP contribution in [0.25, 0.3) is 0 Å². The third-order valence-electron chi connectivity index (χ3n) is 5.53. The first-order valence-electron chi connectivity index (χ1n) is 8.83. The molecule has 0 bridgehead atoms. The van der Waals surface area contributed by atoms with Gasteiger partial charge in [-0.3, -0.25) is 4.79 Å². The predicted octanol–water partition coefficient (Wildman–Crippen LogP) is 1.81. The molecule has 0 aromatic heterocycles. The number of amides is 1. The second-order valence-electron chi connectivity index (χ2n) is 6.76. The number of benzene rings is 1. The number of nitrogens with zero attached hydrogens (tertiary/aromatic N) is 2. The summed E-state index contributed by atoms with van der Waals surface area (Å²) in [6.07, 6.45) is 1.66. The molecule has 0 spiro atoms. The topological polar surface area (TPSA) is 42.0 Å². The van der Waals surface area contributed by atoms with E-state index in [-0.39, 0.29) is 18.1 Å². The van der Waals surface area contributed by atoms with Gasteiger partial charge in [-0.15, -0.1) is 0 Å². The highest BCUT2D eigenvalue weighted by Gasteiger charge is 2.45. The number of likely N-dealkylation sites (N-methyl/N-ethyl adjacent to an activating group) is 1. The van der Waals surface area contributed by atoms with Crippen molar-refractivity contribution in [3.63, 3.8) is 0 Å². The van der Waals surface area contributed by atoms with E-state index in [0.717, 1.165) is 43.9 Å². The van der Waals surface area contributed by atoms with Crippen LogP contribution in [0.1, 0.15) is 18.9 Å². The summed E-state index contributed by atoms with van der Waals surface area (Å²) < 4.78 is 10.9. The van der Waals surface area contributed by atoms with Crippen LogP contribution in [0, 0.1) is 5.92 Å². The van der Waals surface area contributed by atoms with E-state index >= 15 is 0 Å². The average molecular weight is 332 g/mol. The molecule has 1 aromatic rings. The molecule has 2 fully saturated rings. The molecule has 5 heteroatoms. The Balaban J connectivity index is 1.69. The van der Waals surface area contributed by atoms with Gasteiger partial charge < -0.3 is 19.3 Å². The van der Waals surface area contributed by atoms with Crippen LogP contribution in [0.4, 0.5) is 0 Å². The number of carbonyl (C=O) groups excluding carboxylic acids is 1. The van der Waals surface area contributed by atoms with Crippen molar-refractivity contribution >= 4 is 5.91 Å². The third-order valence-corrected chi connectivity index (χ3v) is 5.53. The maximum Gasteiger partial charge on any atom is 0.227 e. The lowest BCUT2D eigenvalue weighted by Crippen LogP contribution is -2.54. The molecule has 3 rings (SSSR count). The zero-order chi connectivity index (χ0) is 17.1. The molecule has 2 saturated heterocycles. The van der Waals surface area contributed by atoms with Crippen LogP contribution >= 0.6 is 0 Å². The van der Waals surface area contributed by atoms with E-state index in [2.05, 4.69) is 16.7 Å². The maximum atomic E-state index is 12.9. The Morgan fingerprint density at radius 2 is 1.96 bits per heavy atom. The summed E-state index contributed by atoms with van der Waals surface area (Å²) in [7, 11) is 3.45. The van der Waals surface area contributed by atoms with Gasteiger partial charge in [-0.25, -0.2) is 0 Å². The van der Waals surface area contributed by atoms with E-state index in [1.165, 1.54) is 0 Å². The van der Waals surface area contributed by atoms with Crippen molar-refractivity contribution in [3.05, 3.63) is 29.8 Å². The highest BCUT2D eigenvalue weighted by molar-refractivity contribution is 5.79. The lowest BCUT2D eigenvalue weighted by Gasteiger charge is -2.41. The van der Waals surface area contributed by atoms with Gasteiger partial charge >= 0.3 is 0 Å². The minimum Gasteiger partial charge on any atom is -0.497 e. The molecule has 0 unspecified atom stereocenters. The highest BCUT2D eigenvalue weighted by atomic mass is 16.5. The van der Waals surface area contributed by atoms with Gasteiger partial charge in [0.25, 0.3) is 0 Å². The number of likely N-dealkylation sites (tertiary alicyclic amines) is 2. The summed E-state index contributed by atoms with van der Waals surface area (Å²) in [5.41, 5.74) is 1.04.